The summed E-state index contributed by atoms with van der Waals surface area (Å²) in [5.41, 5.74) is 1.65. The van der Waals surface area contributed by atoms with Crippen molar-refractivity contribution in [1.29, 1.82) is 0 Å². The first kappa shape index (κ1) is 10.6. The first-order chi connectivity index (χ1) is 6.98. The van der Waals surface area contributed by atoms with Crippen molar-refractivity contribution in [3.05, 3.63) is 28.0 Å². The molecule has 0 atom stereocenters. The van der Waals surface area contributed by atoms with Gasteiger partial charge in [-0.05, 0) is 33.8 Å². The number of rotatable bonds is 0. The smallest absolute Gasteiger partial charge is 0.253 e. The van der Waals surface area contributed by atoms with E-state index in [1.807, 2.05) is 6.07 Å². The van der Waals surface area contributed by atoms with Crippen molar-refractivity contribution in [1.82, 2.24) is 10.3 Å². The lowest BCUT2D eigenvalue weighted by Gasteiger charge is -2.21. The Hall–Kier alpha value is -0.900. The van der Waals surface area contributed by atoms with Gasteiger partial charge in [0.1, 0.15) is 0 Å². The molecular formula is C11H13BrN2O. The van der Waals surface area contributed by atoms with Crippen molar-refractivity contribution in [2.45, 2.75) is 20.3 Å². The van der Waals surface area contributed by atoms with E-state index >= 15 is 0 Å². The monoisotopic (exact) mass is 268 g/mol. The first-order valence-electron chi connectivity index (χ1n) is 4.91. The fourth-order valence-electron chi connectivity index (χ4n) is 1.74. The van der Waals surface area contributed by atoms with Gasteiger partial charge in [-0.2, -0.15) is 0 Å². The Bertz CT molecular complexity index is 415. The molecule has 1 N–H and O–H groups in total. The number of nitrogens with one attached hydrogen (secondary N) is 1. The SMILES string of the molecule is CC1(C)CNC(=O)c2cc(Br)cnc2C1. The quantitative estimate of drug-likeness (QED) is 0.784. The molecule has 0 fully saturated rings. The zero-order valence-corrected chi connectivity index (χ0v) is 10.4. The molecule has 0 radical (unpaired) electrons. The lowest BCUT2D eigenvalue weighted by atomic mass is 9.88. The first-order valence-corrected chi connectivity index (χ1v) is 5.70. The van der Waals surface area contributed by atoms with Crippen molar-refractivity contribution < 1.29 is 4.79 Å². The van der Waals surface area contributed by atoms with Crippen LogP contribution in [-0.2, 0) is 6.42 Å². The van der Waals surface area contributed by atoms with Gasteiger partial charge < -0.3 is 5.32 Å². The number of pyridine rings is 1. The third-order valence-corrected chi connectivity index (χ3v) is 2.99. The van der Waals surface area contributed by atoms with Crippen LogP contribution in [0.2, 0.25) is 0 Å². The Morgan fingerprint density at radius 1 is 1.53 bits per heavy atom. The van der Waals surface area contributed by atoms with Crippen LogP contribution in [0.25, 0.3) is 0 Å². The maximum atomic E-state index is 11.8. The molecule has 4 heteroatoms. The van der Waals surface area contributed by atoms with Crippen molar-refractivity contribution in [2.75, 3.05) is 6.54 Å². The van der Waals surface area contributed by atoms with Crippen molar-refractivity contribution in [2.24, 2.45) is 5.41 Å². The maximum Gasteiger partial charge on any atom is 0.253 e. The molecule has 1 amide bonds. The molecule has 0 unspecified atom stereocenters. The van der Waals surface area contributed by atoms with Gasteiger partial charge in [-0.3, -0.25) is 9.78 Å². The van der Waals surface area contributed by atoms with Gasteiger partial charge in [-0.25, -0.2) is 0 Å². The molecule has 0 aliphatic carbocycles. The van der Waals surface area contributed by atoms with Gasteiger partial charge in [-0.15, -0.1) is 0 Å². The van der Waals surface area contributed by atoms with Crippen LogP contribution in [0.5, 0.6) is 0 Å². The molecule has 0 bridgehead atoms. The molecule has 2 rings (SSSR count). The molecule has 1 aromatic heterocycles. The highest BCUT2D eigenvalue weighted by Crippen LogP contribution is 2.26. The zero-order valence-electron chi connectivity index (χ0n) is 8.80. The molecule has 0 saturated heterocycles. The zero-order chi connectivity index (χ0) is 11.1. The molecule has 15 heavy (non-hydrogen) atoms. The minimum absolute atomic E-state index is 0.0237. The van der Waals surface area contributed by atoms with Crippen molar-refractivity contribution in [3.8, 4) is 0 Å². The number of carbonyl (C=O) groups is 1. The standard InChI is InChI=1S/C11H13BrN2O/c1-11(2)4-9-8(10(15)14-6-11)3-7(12)5-13-9/h3,5H,4,6H2,1-2H3,(H,14,15). The van der Waals surface area contributed by atoms with Gasteiger partial charge >= 0.3 is 0 Å². The van der Waals surface area contributed by atoms with Crippen molar-refractivity contribution >= 4 is 21.8 Å². The van der Waals surface area contributed by atoms with E-state index in [2.05, 4.69) is 40.1 Å². The Labute approximate surface area is 97.4 Å². The summed E-state index contributed by atoms with van der Waals surface area (Å²) >= 11 is 3.33. The molecule has 0 spiro atoms. The molecule has 1 aromatic rings. The molecule has 1 aliphatic heterocycles. The molecule has 0 saturated carbocycles. The highest BCUT2D eigenvalue weighted by molar-refractivity contribution is 9.10. The van der Waals surface area contributed by atoms with E-state index in [0.717, 1.165) is 16.6 Å². The number of fused-ring (bicyclic) bond motifs is 1. The molecule has 0 aromatic carbocycles. The van der Waals surface area contributed by atoms with E-state index in [9.17, 15) is 4.79 Å². The minimum Gasteiger partial charge on any atom is -0.351 e. The molecular weight excluding hydrogens is 256 g/mol. The normalized spacial score (nSPS) is 19.0. The van der Waals surface area contributed by atoms with Gasteiger partial charge in [0.2, 0.25) is 0 Å². The number of halogens is 1. The molecule has 2 heterocycles. The summed E-state index contributed by atoms with van der Waals surface area (Å²) in [6.45, 7) is 4.96. The van der Waals surface area contributed by atoms with Crippen molar-refractivity contribution in [3.63, 3.8) is 0 Å². The fraction of sp³-hybridized carbons (Fsp3) is 0.455. The second-order valence-corrected chi connectivity index (χ2v) is 5.59. The van der Waals surface area contributed by atoms with Crippen LogP contribution in [0.4, 0.5) is 0 Å². The second kappa shape index (κ2) is 3.59. The number of hydrogen-bond donors (Lipinski definition) is 1. The van der Waals surface area contributed by atoms with E-state index in [1.54, 1.807) is 6.20 Å². The van der Waals surface area contributed by atoms with Crippen LogP contribution in [0.3, 0.4) is 0 Å². The largest absolute Gasteiger partial charge is 0.351 e. The summed E-state index contributed by atoms with van der Waals surface area (Å²) in [7, 11) is 0. The topological polar surface area (TPSA) is 42.0 Å². The van der Waals surface area contributed by atoms with Crippen LogP contribution < -0.4 is 5.32 Å². The summed E-state index contributed by atoms with van der Waals surface area (Å²) in [5.74, 6) is -0.0237. The Morgan fingerprint density at radius 3 is 3.00 bits per heavy atom. The summed E-state index contributed by atoms with van der Waals surface area (Å²) in [6, 6.07) is 1.83. The summed E-state index contributed by atoms with van der Waals surface area (Å²) in [5, 5.41) is 2.92. The highest BCUT2D eigenvalue weighted by atomic mass is 79.9. The van der Waals surface area contributed by atoms with Gasteiger partial charge in [-0.1, -0.05) is 13.8 Å². The van der Waals surface area contributed by atoms with Crippen LogP contribution >= 0.6 is 15.9 Å². The van der Waals surface area contributed by atoms with E-state index in [0.29, 0.717) is 12.1 Å². The lowest BCUT2D eigenvalue weighted by molar-refractivity contribution is 0.0944. The minimum atomic E-state index is -0.0237. The van der Waals surface area contributed by atoms with Gasteiger partial charge in [0.15, 0.2) is 0 Å². The van der Waals surface area contributed by atoms with Crippen LogP contribution in [0, 0.1) is 5.41 Å². The van der Waals surface area contributed by atoms with E-state index in [-0.39, 0.29) is 11.3 Å². The third kappa shape index (κ3) is 2.20. The van der Waals surface area contributed by atoms with Crippen LogP contribution in [0.1, 0.15) is 29.9 Å². The molecule has 3 nitrogen and oxygen atoms in total. The van der Waals surface area contributed by atoms with E-state index in [4.69, 9.17) is 0 Å². The second-order valence-electron chi connectivity index (χ2n) is 4.67. The highest BCUT2D eigenvalue weighted by Gasteiger charge is 2.27. The maximum absolute atomic E-state index is 11.8. The summed E-state index contributed by atoms with van der Waals surface area (Å²) < 4.78 is 0.844. The molecule has 80 valence electrons. The average molecular weight is 269 g/mol. The third-order valence-electron chi connectivity index (χ3n) is 2.55. The Morgan fingerprint density at radius 2 is 2.27 bits per heavy atom. The number of aromatic nitrogens is 1. The molecule has 1 aliphatic rings. The Kier molecular flexibility index (Phi) is 2.54. The van der Waals surface area contributed by atoms with E-state index in [1.165, 1.54) is 0 Å². The predicted octanol–water partition coefficient (Wildman–Crippen LogP) is 2.16. The van der Waals surface area contributed by atoms with Gasteiger partial charge in [0.05, 0.1) is 11.3 Å². The Balaban J connectivity index is 2.49. The van der Waals surface area contributed by atoms with Crippen LogP contribution in [-0.4, -0.2) is 17.4 Å². The van der Waals surface area contributed by atoms with Crippen LogP contribution in [0.15, 0.2) is 16.7 Å². The predicted molar refractivity (Wildman–Crippen MR) is 61.8 cm³/mol. The lowest BCUT2D eigenvalue weighted by Crippen LogP contribution is -2.31. The van der Waals surface area contributed by atoms with E-state index < -0.39 is 0 Å². The number of hydrogen-bond acceptors (Lipinski definition) is 2. The number of nitrogens with zero attached hydrogens (tertiary/aromatic N) is 1. The number of carbonyl (C=O) groups excluding carboxylic acids is 1. The van der Waals surface area contributed by atoms with Gasteiger partial charge in [0.25, 0.3) is 5.91 Å². The summed E-state index contributed by atoms with van der Waals surface area (Å²) in [6.07, 6.45) is 2.57. The fourth-order valence-corrected chi connectivity index (χ4v) is 2.07. The van der Waals surface area contributed by atoms with Gasteiger partial charge in [0, 0.05) is 17.2 Å². The number of amides is 1. The summed E-state index contributed by atoms with van der Waals surface area (Å²) in [4.78, 5) is 16.1. The average Bonchev–Trinajstić information content (AvgIpc) is 2.26.